The largest absolute Gasteiger partial charge is 0.366 e. The van der Waals surface area contributed by atoms with Crippen molar-refractivity contribution < 1.29 is 0 Å². The fourth-order valence-corrected chi connectivity index (χ4v) is 2.72. The average Bonchev–Trinajstić information content (AvgIpc) is 3.30. The van der Waals surface area contributed by atoms with E-state index in [9.17, 15) is 0 Å². The molecule has 0 spiro atoms. The summed E-state index contributed by atoms with van der Waals surface area (Å²) in [6.07, 6.45) is 2.48. The molecule has 4 nitrogen and oxygen atoms in total. The zero-order valence-electron chi connectivity index (χ0n) is 12.9. The van der Waals surface area contributed by atoms with Gasteiger partial charge in [0.1, 0.15) is 5.82 Å². The normalized spacial score (nSPS) is 14.2. The van der Waals surface area contributed by atoms with E-state index in [-0.39, 0.29) is 0 Å². The molecule has 1 aromatic heterocycles. The molecule has 0 aliphatic heterocycles. The van der Waals surface area contributed by atoms with Gasteiger partial charge in [0.25, 0.3) is 0 Å². The van der Waals surface area contributed by atoms with Gasteiger partial charge in [-0.2, -0.15) is 4.98 Å². The molecule has 2 aromatic rings. The Bertz CT molecular complexity index is 653. The Labute approximate surface area is 139 Å². The van der Waals surface area contributed by atoms with Gasteiger partial charge in [0.2, 0.25) is 5.95 Å². The van der Waals surface area contributed by atoms with Gasteiger partial charge in [-0.1, -0.05) is 34.1 Å². The fourth-order valence-electron chi connectivity index (χ4n) is 2.30. The molecule has 22 heavy (non-hydrogen) atoms. The van der Waals surface area contributed by atoms with Gasteiger partial charge in [-0.05, 0) is 38.3 Å². The summed E-state index contributed by atoms with van der Waals surface area (Å²) in [7, 11) is 0. The van der Waals surface area contributed by atoms with Crippen molar-refractivity contribution in [1.29, 1.82) is 0 Å². The predicted octanol–water partition coefficient (Wildman–Crippen LogP) is 4.55. The van der Waals surface area contributed by atoms with Crippen molar-refractivity contribution in [2.75, 3.05) is 10.6 Å². The Morgan fingerprint density at radius 2 is 2.00 bits per heavy atom. The first-order chi connectivity index (χ1) is 10.6. The molecule has 1 heterocycles. The monoisotopic (exact) mass is 360 g/mol. The van der Waals surface area contributed by atoms with E-state index < -0.39 is 0 Å². The van der Waals surface area contributed by atoms with Crippen molar-refractivity contribution in [3.8, 4) is 0 Å². The number of nitrogens with zero attached hydrogens (tertiary/aromatic N) is 2. The van der Waals surface area contributed by atoms with Crippen LogP contribution in [0.4, 0.5) is 11.8 Å². The minimum Gasteiger partial charge on any atom is -0.366 e. The molecular weight excluding hydrogens is 340 g/mol. The Kier molecular flexibility index (Phi) is 4.62. The molecule has 0 bridgehead atoms. The van der Waals surface area contributed by atoms with Crippen molar-refractivity contribution in [3.05, 3.63) is 46.1 Å². The highest BCUT2D eigenvalue weighted by molar-refractivity contribution is 9.10. The number of halogens is 1. The molecule has 0 unspecified atom stereocenters. The summed E-state index contributed by atoms with van der Waals surface area (Å²) in [6.45, 7) is 4.94. The fraction of sp³-hybridized carbons (Fsp3) is 0.412. The summed E-state index contributed by atoms with van der Waals surface area (Å²) in [5.41, 5.74) is 2.36. The first-order valence-electron chi connectivity index (χ1n) is 7.74. The van der Waals surface area contributed by atoms with Crippen LogP contribution in [0.1, 0.15) is 43.9 Å². The summed E-state index contributed by atoms with van der Waals surface area (Å²) in [5.74, 6) is 2.21. The number of rotatable bonds is 6. The van der Waals surface area contributed by atoms with Gasteiger partial charge in [0, 0.05) is 29.0 Å². The smallest absolute Gasteiger partial charge is 0.225 e. The number of aromatic nitrogens is 2. The molecule has 1 aromatic carbocycles. The highest BCUT2D eigenvalue weighted by Gasteiger charge is 2.26. The molecule has 0 atom stereocenters. The predicted molar refractivity (Wildman–Crippen MR) is 94.2 cm³/mol. The van der Waals surface area contributed by atoms with Crippen molar-refractivity contribution in [1.82, 2.24) is 9.97 Å². The Balaban J connectivity index is 1.77. The van der Waals surface area contributed by atoms with Crippen LogP contribution in [0, 0.1) is 0 Å². The summed E-state index contributed by atoms with van der Waals surface area (Å²) in [4.78, 5) is 9.22. The lowest BCUT2D eigenvalue weighted by molar-refractivity contribution is 0.862. The molecule has 1 fully saturated rings. The molecule has 2 N–H and O–H groups in total. The number of anilines is 2. The maximum Gasteiger partial charge on any atom is 0.225 e. The topological polar surface area (TPSA) is 49.8 Å². The van der Waals surface area contributed by atoms with Gasteiger partial charge in [0.15, 0.2) is 0 Å². The first-order valence-corrected chi connectivity index (χ1v) is 8.54. The molecule has 0 amide bonds. The van der Waals surface area contributed by atoms with Crippen LogP contribution < -0.4 is 10.6 Å². The summed E-state index contributed by atoms with van der Waals surface area (Å²) < 4.78 is 1.11. The third-order valence-electron chi connectivity index (χ3n) is 3.58. The Morgan fingerprint density at radius 3 is 2.68 bits per heavy atom. The van der Waals surface area contributed by atoms with Gasteiger partial charge in [-0.25, -0.2) is 4.98 Å². The molecule has 1 aliphatic rings. The zero-order chi connectivity index (χ0) is 15.5. The van der Waals surface area contributed by atoms with Crippen LogP contribution in [0.2, 0.25) is 0 Å². The van der Waals surface area contributed by atoms with Crippen molar-refractivity contribution in [3.63, 3.8) is 0 Å². The second-order valence-electron chi connectivity index (χ2n) is 6.02. The first kappa shape index (κ1) is 15.3. The van der Waals surface area contributed by atoms with Gasteiger partial charge in [-0.15, -0.1) is 0 Å². The van der Waals surface area contributed by atoms with E-state index in [2.05, 4.69) is 68.6 Å². The molecule has 5 heteroatoms. The van der Waals surface area contributed by atoms with Gasteiger partial charge in [0.05, 0.1) is 5.69 Å². The lowest BCUT2D eigenvalue weighted by Gasteiger charge is -2.13. The van der Waals surface area contributed by atoms with E-state index in [1.807, 2.05) is 12.1 Å². The average molecular weight is 361 g/mol. The maximum absolute atomic E-state index is 4.64. The Hall–Kier alpha value is -1.62. The highest BCUT2D eigenvalue weighted by Crippen LogP contribution is 2.40. The van der Waals surface area contributed by atoms with Crippen molar-refractivity contribution in [2.24, 2.45) is 0 Å². The highest BCUT2D eigenvalue weighted by atomic mass is 79.9. The van der Waals surface area contributed by atoms with E-state index in [1.165, 1.54) is 18.4 Å². The summed E-state index contributed by atoms with van der Waals surface area (Å²) in [5, 5.41) is 6.72. The van der Waals surface area contributed by atoms with Gasteiger partial charge < -0.3 is 10.6 Å². The third-order valence-corrected chi connectivity index (χ3v) is 4.35. The standard InChI is InChI=1S/C17H21BrN4/c1-11(2)20-17-21-15(12-7-8-12)9-16(22-17)19-10-13-5-3-4-6-14(13)18/h3-6,9,11-12H,7-8,10H2,1-2H3,(H2,19,20,21,22). The van der Waals surface area contributed by atoms with E-state index >= 15 is 0 Å². The summed E-state index contributed by atoms with van der Waals surface area (Å²) in [6, 6.07) is 10.6. The quantitative estimate of drug-likeness (QED) is 0.793. The van der Waals surface area contributed by atoms with E-state index in [0.717, 1.165) is 22.5 Å². The van der Waals surface area contributed by atoms with Crippen molar-refractivity contribution >= 4 is 27.7 Å². The van der Waals surface area contributed by atoms with E-state index in [1.54, 1.807) is 0 Å². The number of benzene rings is 1. The molecule has 1 saturated carbocycles. The molecule has 0 saturated heterocycles. The van der Waals surface area contributed by atoms with Crippen LogP contribution in [0.5, 0.6) is 0 Å². The number of hydrogen-bond acceptors (Lipinski definition) is 4. The Morgan fingerprint density at radius 1 is 1.23 bits per heavy atom. The lowest BCUT2D eigenvalue weighted by Crippen LogP contribution is -2.14. The minimum atomic E-state index is 0.325. The molecule has 116 valence electrons. The molecule has 3 rings (SSSR count). The number of nitrogens with one attached hydrogen (secondary N) is 2. The van der Waals surface area contributed by atoms with Crippen molar-refractivity contribution in [2.45, 2.75) is 45.2 Å². The van der Waals surface area contributed by atoms with Gasteiger partial charge in [-0.3, -0.25) is 0 Å². The third kappa shape index (κ3) is 3.97. The number of hydrogen-bond donors (Lipinski definition) is 2. The zero-order valence-corrected chi connectivity index (χ0v) is 14.5. The molecule has 0 radical (unpaired) electrons. The SMILES string of the molecule is CC(C)Nc1nc(NCc2ccccc2Br)cc(C2CC2)n1. The second-order valence-corrected chi connectivity index (χ2v) is 6.87. The summed E-state index contributed by atoms with van der Waals surface area (Å²) >= 11 is 3.58. The lowest BCUT2D eigenvalue weighted by atomic mass is 10.2. The van der Waals surface area contributed by atoms with E-state index in [4.69, 9.17) is 0 Å². The maximum atomic E-state index is 4.64. The van der Waals surface area contributed by atoms with Gasteiger partial charge >= 0.3 is 0 Å². The molecular formula is C17H21BrN4. The van der Waals surface area contributed by atoms with Crippen LogP contribution in [0.3, 0.4) is 0 Å². The molecule has 1 aliphatic carbocycles. The second kappa shape index (κ2) is 6.65. The van der Waals surface area contributed by atoms with Crippen LogP contribution >= 0.6 is 15.9 Å². The minimum absolute atomic E-state index is 0.325. The van der Waals surface area contributed by atoms with Crippen LogP contribution in [0.15, 0.2) is 34.8 Å². The van der Waals surface area contributed by atoms with E-state index in [0.29, 0.717) is 17.9 Å². The van der Waals surface area contributed by atoms with Crippen LogP contribution in [-0.4, -0.2) is 16.0 Å². The van der Waals surface area contributed by atoms with Crippen LogP contribution in [0.25, 0.3) is 0 Å². The van der Waals surface area contributed by atoms with Crippen LogP contribution in [-0.2, 0) is 6.54 Å².